The standard InChI is InChI=1S/C26H34N2O3/c1-18(11-13-22-20(3)10-7-15-26(22,4)5)8-6-9-19(2)16-25(31)28-27-23-14-12-21(29)17-24(23)30/h6,8-9,11-14,16-17,27,29-30H,7,10,15H2,1-5H3,(H,28,31)/b9-6+,13-11+,18-8+,19-16+. The molecule has 1 aromatic rings. The molecule has 0 radical (unpaired) electrons. The highest BCUT2D eigenvalue weighted by Crippen LogP contribution is 2.40. The largest absolute Gasteiger partial charge is 0.508 e. The third-order valence-electron chi connectivity index (χ3n) is 5.43. The van der Waals surface area contributed by atoms with Gasteiger partial charge in [0.15, 0.2) is 0 Å². The van der Waals surface area contributed by atoms with Crippen molar-refractivity contribution < 1.29 is 15.0 Å². The van der Waals surface area contributed by atoms with Crippen LogP contribution in [0.4, 0.5) is 5.69 Å². The molecule has 1 aliphatic rings. The number of nitrogens with one attached hydrogen (secondary N) is 2. The molecule has 0 atom stereocenters. The Labute approximate surface area is 185 Å². The second-order valence-corrected chi connectivity index (χ2v) is 8.74. The Morgan fingerprint density at radius 3 is 2.55 bits per heavy atom. The van der Waals surface area contributed by atoms with Crippen molar-refractivity contribution in [2.24, 2.45) is 5.41 Å². The number of phenolic OH excluding ortho intramolecular Hbond substituents is 2. The van der Waals surface area contributed by atoms with Crippen LogP contribution in [0.25, 0.3) is 0 Å². The number of carbonyl (C=O) groups excluding carboxylic acids is 1. The van der Waals surface area contributed by atoms with Gasteiger partial charge in [-0.15, -0.1) is 0 Å². The van der Waals surface area contributed by atoms with Crippen LogP contribution in [0.5, 0.6) is 11.5 Å². The van der Waals surface area contributed by atoms with Crippen molar-refractivity contribution in [3.63, 3.8) is 0 Å². The molecule has 1 amide bonds. The number of hydrogen-bond acceptors (Lipinski definition) is 4. The van der Waals surface area contributed by atoms with Crippen LogP contribution in [0.15, 0.2) is 76.9 Å². The van der Waals surface area contributed by atoms with Gasteiger partial charge >= 0.3 is 0 Å². The molecular weight excluding hydrogens is 388 g/mol. The first-order valence-corrected chi connectivity index (χ1v) is 10.6. The number of phenols is 2. The van der Waals surface area contributed by atoms with E-state index in [0.29, 0.717) is 5.69 Å². The molecule has 2 rings (SSSR count). The molecule has 5 heteroatoms. The number of aromatic hydroxyl groups is 2. The van der Waals surface area contributed by atoms with Gasteiger partial charge in [-0.25, -0.2) is 0 Å². The van der Waals surface area contributed by atoms with Gasteiger partial charge in [-0.2, -0.15) is 0 Å². The Bertz CT molecular complexity index is 963. The minimum absolute atomic E-state index is 0.0530. The lowest BCUT2D eigenvalue weighted by atomic mass is 9.72. The summed E-state index contributed by atoms with van der Waals surface area (Å²) < 4.78 is 0. The molecule has 166 valence electrons. The van der Waals surface area contributed by atoms with E-state index < -0.39 is 0 Å². The number of rotatable bonds is 7. The van der Waals surface area contributed by atoms with Crippen molar-refractivity contribution in [2.75, 3.05) is 5.43 Å². The van der Waals surface area contributed by atoms with E-state index in [9.17, 15) is 15.0 Å². The molecule has 1 aromatic carbocycles. The average Bonchev–Trinajstić information content (AvgIpc) is 2.66. The van der Waals surface area contributed by atoms with E-state index in [4.69, 9.17) is 0 Å². The van der Waals surface area contributed by atoms with Gasteiger partial charge in [0, 0.05) is 12.1 Å². The maximum atomic E-state index is 12.0. The first-order valence-electron chi connectivity index (χ1n) is 10.6. The van der Waals surface area contributed by atoms with E-state index in [2.05, 4.69) is 50.7 Å². The predicted octanol–water partition coefficient (Wildman–Crippen LogP) is 6.07. The zero-order valence-corrected chi connectivity index (χ0v) is 19.1. The lowest BCUT2D eigenvalue weighted by Crippen LogP contribution is -2.27. The van der Waals surface area contributed by atoms with Crippen LogP contribution in [0.3, 0.4) is 0 Å². The fraction of sp³-hybridized carbons (Fsp3) is 0.346. The van der Waals surface area contributed by atoms with E-state index in [1.54, 1.807) is 0 Å². The molecule has 0 saturated heterocycles. The molecule has 31 heavy (non-hydrogen) atoms. The van der Waals surface area contributed by atoms with Crippen molar-refractivity contribution in [2.45, 2.75) is 53.9 Å². The summed E-state index contributed by atoms with van der Waals surface area (Å²) in [6, 6.07) is 4.07. The van der Waals surface area contributed by atoms with Gasteiger partial charge in [-0.3, -0.25) is 15.6 Å². The fourth-order valence-corrected chi connectivity index (χ4v) is 3.68. The van der Waals surface area contributed by atoms with Crippen molar-refractivity contribution in [1.29, 1.82) is 0 Å². The molecule has 0 saturated carbocycles. The van der Waals surface area contributed by atoms with Crippen LogP contribution in [-0.4, -0.2) is 16.1 Å². The van der Waals surface area contributed by atoms with E-state index in [0.717, 1.165) is 11.1 Å². The van der Waals surface area contributed by atoms with Crippen molar-refractivity contribution in [3.8, 4) is 11.5 Å². The third kappa shape index (κ3) is 7.52. The quantitative estimate of drug-likeness (QED) is 0.141. The highest BCUT2D eigenvalue weighted by Gasteiger charge is 2.26. The van der Waals surface area contributed by atoms with Gasteiger partial charge in [0.05, 0.1) is 5.69 Å². The summed E-state index contributed by atoms with van der Waals surface area (Å²) in [6.07, 6.45) is 15.3. The molecule has 1 aliphatic carbocycles. The van der Waals surface area contributed by atoms with Gasteiger partial charge in [-0.1, -0.05) is 55.4 Å². The lowest BCUT2D eigenvalue weighted by Gasteiger charge is -2.32. The van der Waals surface area contributed by atoms with Crippen LogP contribution >= 0.6 is 0 Å². The number of hydrogen-bond donors (Lipinski definition) is 4. The number of hydrazine groups is 1. The highest BCUT2D eigenvalue weighted by atomic mass is 16.3. The SMILES string of the molecule is CC1=C(/C=C/C(C)=C/C=C/C(C)=C/C(=O)NNc2ccc(O)cc2O)C(C)(C)CCC1. The normalized spacial score (nSPS) is 17.5. The molecule has 0 spiro atoms. The van der Waals surface area contributed by atoms with E-state index >= 15 is 0 Å². The summed E-state index contributed by atoms with van der Waals surface area (Å²) in [7, 11) is 0. The predicted molar refractivity (Wildman–Crippen MR) is 128 cm³/mol. The summed E-state index contributed by atoms with van der Waals surface area (Å²) in [5.74, 6) is -0.558. The number of allylic oxidation sites excluding steroid dienone is 9. The number of amides is 1. The molecular formula is C26H34N2O3. The monoisotopic (exact) mass is 422 g/mol. The summed E-state index contributed by atoms with van der Waals surface area (Å²) in [6.45, 7) is 10.8. The maximum absolute atomic E-state index is 12.0. The maximum Gasteiger partial charge on any atom is 0.262 e. The Hall–Kier alpha value is -3.21. The van der Waals surface area contributed by atoms with Crippen LogP contribution in [0, 0.1) is 5.41 Å². The summed E-state index contributed by atoms with van der Waals surface area (Å²) in [5.41, 5.74) is 10.5. The second kappa shape index (κ2) is 10.7. The van der Waals surface area contributed by atoms with Crippen molar-refractivity contribution in [1.82, 2.24) is 5.43 Å². The zero-order chi connectivity index (χ0) is 23.0. The van der Waals surface area contributed by atoms with Crippen LogP contribution in [-0.2, 0) is 4.79 Å². The van der Waals surface area contributed by atoms with Gasteiger partial charge in [-0.05, 0) is 68.7 Å². The van der Waals surface area contributed by atoms with Crippen LogP contribution in [0.2, 0.25) is 0 Å². The Balaban J connectivity index is 1.92. The minimum atomic E-state index is -0.350. The summed E-state index contributed by atoms with van der Waals surface area (Å²) >= 11 is 0. The lowest BCUT2D eigenvalue weighted by molar-refractivity contribution is -0.116. The first-order chi connectivity index (χ1) is 14.6. The first kappa shape index (κ1) is 24.1. The van der Waals surface area contributed by atoms with Crippen molar-refractivity contribution in [3.05, 3.63) is 76.9 Å². The van der Waals surface area contributed by atoms with E-state index in [1.807, 2.05) is 25.2 Å². The molecule has 0 heterocycles. The minimum Gasteiger partial charge on any atom is -0.508 e. The zero-order valence-electron chi connectivity index (χ0n) is 19.1. The van der Waals surface area contributed by atoms with Crippen LogP contribution < -0.4 is 10.9 Å². The second-order valence-electron chi connectivity index (χ2n) is 8.74. The van der Waals surface area contributed by atoms with Gasteiger partial charge in [0.2, 0.25) is 0 Å². The van der Waals surface area contributed by atoms with E-state index in [-0.39, 0.29) is 22.8 Å². The number of carbonyl (C=O) groups is 1. The highest BCUT2D eigenvalue weighted by molar-refractivity contribution is 5.89. The van der Waals surface area contributed by atoms with Crippen molar-refractivity contribution >= 4 is 11.6 Å². The summed E-state index contributed by atoms with van der Waals surface area (Å²) in [4.78, 5) is 12.0. The molecule has 0 bridgehead atoms. The molecule has 5 nitrogen and oxygen atoms in total. The summed E-state index contributed by atoms with van der Waals surface area (Å²) in [5, 5.41) is 19.0. The Kier molecular flexibility index (Phi) is 8.31. The van der Waals surface area contributed by atoms with Gasteiger partial charge in [0.1, 0.15) is 11.5 Å². The molecule has 0 aliphatic heterocycles. The smallest absolute Gasteiger partial charge is 0.262 e. The number of benzene rings is 1. The third-order valence-corrected chi connectivity index (χ3v) is 5.43. The Morgan fingerprint density at radius 1 is 1.13 bits per heavy atom. The van der Waals surface area contributed by atoms with Gasteiger partial charge < -0.3 is 10.2 Å². The molecule has 0 fully saturated rings. The van der Waals surface area contributed by atoms with E-state index in [1.165, 1.54) is 54.7 Å². The molecule has 0 unspecified atom stereocenters. The topological polar surface area (TPSA) is 81.6 Å². The Morgan fingerprint density at radius 2 is 1.87 bits per heavy atom. The average molecular weight is 423 g/mol. The molecule has 0 aromatic heterocycles. The number of anilines is 1. The van der Waals surface area contributed by atoms with Gasteiger partial charge in [0.25, 0.3) is 5.91 Å². The fourth-order valence-electron chi connectivity index (χ4n) is 3.68. The van der Waals surface area contributed by atoms with Crippen LogP contribution in [0.1, 0.15) is 53.9 Å². The molecule has 4 N–H and O–H groups in total.